The number of pyridine rings is 1. The van der Waals surface area contributed by atoms with Gasteiger partial charge in [0.25, 0.3) is 5.92 Å². The first kappa shape index (κ1) is 22.9. The van der Waals surface area contributed by atoms with E-state index in [-0.39, 0.29) is 36.1 Å². The Morgan fingerprint density at radius 1 is 1.10 bits per heavy atom. The number of halogens is 3. The molecule has 2 aliphatic rings. The summed E-state index contributed by atoms with van der Waals surface area (Å²) in [5.74, 6) is -3.03. The molecule has 0 atom stereocenters. The number of urea groups is 1. The third kappa shape index (κ3) is 5.46. The number of aromatic nitrogens is 1. The van der Waals surface area contributed by atoms with Crippen LogP contribution in [0.5, 0.6) is 0 Å². The van der Waals surface area contributed by atoms with Crippen molar-refractivity contribution >= 4 is 17.5 Å². The van der Waals surface area contributed by atoms with Crippen LogP contribution in [0.3, 0.4) is 0 Å². The van der Waals surface area contributed by atoms with Crippen LogP contribution in [0, 0.1) is 5.82 Å². The standard InChI is InChI=1S/C20H21F3N4O.C2H6O/c21-16-6-2-1-5-14(16)15-7-9-24-18(27-12-8-20(22,23)13-27)17(15)25-19(28)26-10-3-4-11-26;1-3-2/h1-2,5-7,9H,3-4,8,10-13H2,(H,25,28);1-2H3. The van der Waals surface area contributed by atoms with Crippen LogP contribution in [-0.4, -0.2) is 62.2 Å². The van der Waals surface area contributed by atoms with Gasteiger partial charge in [0.05, 0.1) is 12.2 Å². The lowest BCUT2D eigenvalue weighted by Crippen LogP contribution is -2.33. The number of hydrogen-bond donors (Lipinski definition) is 1. The third-order valence-electron chi connectivity index (χ3n) is 5.19. The average molecular weight is 436 g/mol. The zero-order valence-electron chi connectivity index (χ0n) is 17.7. The van der Waals surface area contributed by atoms with Crippen molar-refractivity contribution in [1.82, 2.24) is 9.88 Å². The van der Waals surface area contributed by atoms with E-state index in [1.165, 1.54) is 17.2 Å². The Balaban J connectivity index is 0.000000858. The minimum atomic E-state index is -2.81. The number of alkyl halides is 2. The van der Waals surface area contributed by atoms with Crippen molar-refractivity contribution in [2.24, 2.45) is 0 Å². The Labute approximate surface area is 180 Å². The highest BCUT2D eigenvalue weighted by Gasteiger charge is 2.40. The molecule has 2 amide bonds. The van der Waals surface area contributed by atoms with E-state index in [0.29, 0.717) is 18.7 Å². The number of rotatable bonds is 3. The molecule has 3 heterocycles. The lowest BCUT2D eigenvalue weighted by molar-refractivity contribution is 0.0257. The zero-order valence-corrected chi connectivity index (χ0v) is 17.7. The second kappa shape index (κ2) is 10.00. The van der Waals surface area contributed by atoms with Crippen molar-refractivity contribution in [2.75, 3.05) is 50.6 Å². The molecule has 0 aliphatic carbocycles. The lowest BCUT2D eigenvalue weighted by atomic mass is 10.0. The molecule has 0 saturated carbocycles. The Morgan fingerprint density at radius 3 is 2.39 bits per heavy atom. The van der Waals surface area contributed by atoms with Gasteiger partial charge in [0.15, 0.2) is 5.82 Å². The first-order valence-electron chi connectivity index (χ1n) is 10.2. The number of likely N-dealkylation sites (tertiary alicyclic amines) is 1. The van der Waals surface area contributed by atoms with E-state index in [0.717, 1.165) is 12.8 Å². The monoisotopic (exact) mass is 436 g/mol. The number of nitrogens with one attached hydrogen (secondary N) is 1. The van der Waals surface area contributed by atoms with E-state index in [4.69, 9.17) is 0 Å². The van der Waals surface area contributed by atoms with Crippen LogP contribution >= 0.6 is 0 Å². The van der Waals surface area contributed by atoms with Gasteiger partial charge in [-0.15, -0.1) is 0 Å². The van der Waals surface area contributed by atoms with Crippen molar-refractivity contribution in [3.05, 3.63) is 42.3 Å². The van der Waals surface area contributed by atoms with Gasteiger partial charge in [-0.1, -0.05) is 18.2 Å². The molecule has 9 heteroatoms. The maximum absolute atomic E-state index is 14.4. The summed E-state index contributed by atoms with van der Waals surface area (Å²) in [6, 6.07) is 7.45. The van der Waals surface area contributed by atoms with Crippen LogP contribution < -0.4 is 10.2 Å². The smallest absolute Gasteiger partial charge is 0.321 e. The average Bonchev–Trinajstić information content (AvgIpc) is 3.39. The van der Waals surface area contributed by atoms with E-state index in [1.54, 1.807) is 43.4 Å². The quantitative estimate of drug-likeness (QED) is 0.763. The summed E-state index contributed by atoms with van der Waals surface area (Å²) >= 11 is 0. The Bertz CT molecular complexity index is 904. The zero-order chi connectivity index (χ0) is 22.4. The SMILES string of the molecule is COC.O=C(Nc1c(-c2ccccc2F)ccnc1N1CCC(F)(F)C1)N1CCCC1. The van der Waals surface area contributed by atoms with Crippen LogP contribution in [0.1, 0.15) is 19.3 Å². The van der Waals surface area contributed by atoms with Gasteiger partial charge < -0.3 is 19.9 Å². The third-order valence-corrected chi connectivity index (χ3v) is 5.19. The van der Waals surface area contributed by atoms with Gasteiger partial charge in [0, 0.05) is 57.6 Å². The maximum Gasteiger partial charge on any atom is 0.321 e. The predicted octanol–water partition coefficient (Wildman–Crippen LogP) is 4.62. The lowest BCUT2D eigenvalue weighted by Gasteiger charge is -2.24. The van der Waals surface area contributed by atoms with Crippen molar-refractivity contribution < 1.29 is 22.7 Å². The number of amides is 2. The highest BCUT2D eigenvalue weighted by Crippen LogP contribution is 2.39. The molecule has 31 heavy (non-hydrogen) atoms. The molecule has 0 bridgehead atoms. The Kier molecular flexibility index (Phi) is 7.37. The summed E-state index contributed by atoms with van der Waals surface area (Å²) < 4.78 is 46.3. The number of nitrogens with zero attached hydrogens (tertiary/aromatic N) is 3. The second-order valence-electron chi connectivity index (χ2n) is 7.60. The molecule has 2 aliphatic heterocycles. The molecule has 1 aromatic carbocycles. The minimum Gasteiger partial charge on any atom is -0.388 e. The molecule has 2 fully saturated rings. The number of ether oxygens (including phenoxy) is 1. The van der Waals surface area contributed by atoms with Crippen LogP contribution in [0.2, 0.25) is 0 Å². The largest absolute Gasteiger partial charge is 0.388 e. The first-order chi connectivity index (χ1) is 14.9. The number of methoxy groups -OCH3 is 1. The molecule has 4 rings (SSSR count). The molecular weight excluding hydrogens is 409 g/mol. The van der Waals surface area contributed by atoms with Gasteiger partial charge in [0.1, 0.15) is 5.82 Å². The summed E-state index contributed by atoms with van der Waals surface area (Å²) in [6.45, 7) is 0.914. The molecule has 1 aromatic heterocycles. The highest BCUT2D eigenvalue weighted by molar-refractivity contribution is 5.99. The summed E-state index contributed by atoms with van der Waals surface area (Å²) in [6.07, 6.45) is 3.02. The first-order valence-corrected chi connectivity index (χ1v) is 10.2. The molecule has 168 valence electrons. The number of carbonyl (C=O) groups is 1. The van der Waals surface area contributed by atoms with Crippen molar-refractivity contribution in [3.8, 4) is 11.1 Å². The summed E-state index contributed by atoms with van der Waals surface area (Å²) in [7, 11) is 3.25. The van der Waals surface area contributed by atoms with E-state index in [1.807, 2.05) is 0 Å². The Hall–Kier alpha value is -2.81. The molecule has 0 unspecified atom stereocenters. The summed E-state index contributed by atoms with van der Waals surface area (Å²) in [5.41, 5.74) is 0.974. The van der Waals surface area contributed by atoms with E-state index >= 15 is 0 Å². The molecule has 0 spiro atoms. The fourth-order valence-electron chi connectivity index (χ4n) is 3.74. The van der Waals surface area contributed by atoms with Gasteiger partial charge >= 0.3 is 6.03 Å². The van der Waals surface area contributed by atoms with Crippen molar-refractivity contribution in [3.63, 3.8) is 0 Å². The van der Waals surface area contributed by atoms with Crippen LogP contribution in [0.25, 0.3) is 11.1 Å². The molecule has 0 radical (unpaired) electrons. The molecular formula is C22H27F3N4O2. The van der Waals surface area contributed by atoms with Gasteiger partial charge in [0.2, 0.25) is 0 Å². The van der Waals surface area contributed by atoms with Gasteiger partial charge in [-0.05, 0) is 25.0 Å². The van der Waals surface area contributed by atoms with Crippen molar-refractivity contribution in [2.45, 2.75) is 25.2 Å². The molecule has 6 nitrogen and oxygen atoms in total. The fraction of sp³-hybridized carbons (Fsp3) is 0.455. The van der Waals surface area contributed by atoms with E-state index < -0.39 is 18.3 Å². The topological polar surface area (TPSA) is 57.7 Å². The van der Waals surface area contributed by atoms with Crippen LogP contribution in [-0.2, 0) is 4.74 Å². The number of carbonyl (C=O) groups excluding carboxylic acids is 1. The fourth-order valence-corrected chi connectivity index (χ4v) is 3.74. The molecule has 2 saturated heterocycles. The van der Waals surface area contributed by atoms with Crippen LogP contribution in [0.15, 0.2) is 36.5 Å². The van der Waals surface area contributed by atoms with Gasteiger partial charge in [-0.3, -0.25) is 0 Å². The van der Waals surface area contributed by atoms with Gasteiger partial charge in [-0.25, -0.2) is 22.9 Å². The molecule has 1 N–H and O–H groups in total. The van der Waals surface area contributed by atoms with Crippen LogP contribution in [0.4, 0.5) is 29.5 Å². The van der Waals surface area contributed by atoms with E-state index in [9.17, 15) is 18.0 Å². The van der Waals surface area contributed by atoms with E-state index in [2.05, 4.69) is 15.0 Å². The normalized spacial score (nSPS) is 17.3. The summed E-state index contributed by atoms with van der Waals surface area (Å²) in [4.78, 5) is 20.1. The number of hydrogen-bond acceptors (Lipinski definition) is 4. The molecule has 2 aromatic rings. The number of anilines is 2. The maximum atomic E-state index is 14.4. The predicted molar refractivity (Wildman–Crippen MR) is 114 cm³/mol. The number of benzene rings is 1. The second-order valence-corrected chi connectivity index (χ2v) is 7.60. The Morgan fingerprint density at radius 2 is 1.77 bits per heavy atom. The van der Waals surface area contributed by atoms with Gasteiger partial charge in [-0.2, -0.15) is 0 Å². The summed E-state index contributed by atoms with van der Waals surface area (Å²) in [5, 5.41) is 2.82. The van der Waals surface area contributed by atoms with Crippen molar-refractivity contribution in [1.29, 1.82) is 0 Å². The highest BCUT2D eigenvalue weighted by atomic mass is 19.3. The minimum absolute atomic E-state index is 0.118.